The first-order chi connectivity index (χ1) is 13.8. The van der Waals surface area contributed by atoms with E-state index in [1.165, 1.54) is 12.1 Å². The second kappa shape index (κ2) is 7.15. The number of nitrogens with one attached hydrogen (secondary N) is 1. The molecule has 0 radical (unpaired) electrons. The van der Waals surface area contributed by atoms with Gasteiger partial charge in [-0.3, -0.25) is 15.2 Å². The molecule has 11 heteroatoms. The van der Waals surface area contributed by atoms with Crippen molar-refractivity contribution in [3.63, 3.8) is 0 Å². The van der Waals surface area contributed by atoms with E-state index in [0.29, 0.717) is 11.5 Å². The zero-order valence-corrected chi connectivity index (χ0v) is 15.0. The smallest absolute Gasteiger partial charge is 0.272 e. The molecule has 0 bridgehead atoms. The van der Waals surface area contributed by atoms with Gasteiger partial charge in [-0.1, -0.05) is 6.07 Å². The maximum Gasteiger partial charge on any atom is 0.272 e. The van der Waals surface area contributed by atoms with Crippen LogP contribution < -0.4 is 4.90 Å². The molecule has 0 atom stereocenters. The Morgan fingerprint density at radius 3 is 2.59 bits per heavy atom. The number of pyridine rings is 1. The molecule has 0 unspecified atom stereocenters. The number of hydrogen-bond donors (Lipinski definition) is 1. The van der Waals surface area contributed by atoms with E-state index in [0.717, 1.165) is 6.07 Å². The molecule has 1 aliphatic rings. The summed E-state index contributed by atoms with van der Waals surface area (Å²) < 4.78 is 40.9. The molecule has 1 saturated heterocycles. The number of rotatable bonds is 4. The van der Waals surface area contributed by atoms with Crippen LogP contribution in [0.15, 0.2) is 36.4 Å². The first kappa shape index (κ1) is 18.8. The van der Waals surface area contributed by atoms with Crippen molar-refractivity contribution in [2.45, 2.75) is 18.8 Å². The lowest BCUT2D eigenvalue weighted by molar-refractivity contribution is -0.385. The second-order valence-electron chi connectivity index (χ2n) is 6.65. The largest absolute Gasteiger partial charge is 0.356 e. The highest BCUT2D eigenvalue weighted by Crippen LogP contribution is 2.30. The van der Waals surface area contributed by atoms with Crippen molar-refractivity contribution in [3.05, 3.63) is 52.3 Å². The first-order valence-corrected chi connectivity index (χ1v) is 8.79. The molecule has 4 rings (SSSR count). The molecule has 1 fully saturated rings. The van der Waals surface area contributed by atoms with Gasteiger partial charge in [-0.2, -0.15) is 5.10 Å². The maximum atomic E-state index is 14.2. The molecule has 1 N–H and O–H groups in total. The zero-order valence-electron chi connectivity index (χ0n) is 15.0. The van der Waals surface area contributed by atoms with E-state index in [9.17, 15) is 23.3 Å². The van der Waals surface area contributed by atoms with E-state index < -0.39 is 16.7 Å². The van der Waals surface area contributed by atoms with Gasteiger partial charge in [0.2, 0.25) is 0 Å². The molecule has 0 amide bonds. The molecule has 0 aliphatic carbocycles. The molecule has 3 heterocycles. The summed E-state index contributed by atoms with van der Waals surface area (Å²) in [5, 5.41) is 17.4. The fraction of sp³-hybridized carbons (Fsp3) is 0.278. The Bertz CT molecular complexity index is 1060. The number of aromatic amines is 1. The van der Waals surface area contributed by atoms with Crippen molar-refractivity contribution in [3.8, 4) is 22.9 Å². The van der Waals surface area contributed by atoms with Crippen molar-refractivity contribution in [1.82, 2.24) is 20.2 Å². The molecular formula is C18H15F3N6O2. The van der Waals surface area contributed by atoms with Gasteiger partial charge in [0.25, 0.3) is 11.6 Å². The summed E-state index contributed by atoms with van der Waals surface area (Å²) in [4.78, 5) is 20.5. The van der Waals surface area contributed by atoms with Crippen molar-refractivity contribution < 1.29 is 18.1 Å². The zero-order chi connectivity index (χ0) is 20.6. The number of hydrogen-bond acceptors (Lipinski definition) is 6. The summed E-state index contributed by atoms with van der Waals surface area (Å²) in [6.45, 7) is 0.387. The number of nitro groups is 1. The summed E-state index contributed by atoms with van der Waals surface area (Å²) in [5.74, 6) is -2.64. The number of piperidine rings is 1. The van der Waals surface area contributed by atoms with Crippen LogP contribution in [0.25, 0.3) is 22.9 Å². The number of non-ortho nitro benzene ring substituents is 1. The summed E-state index contributed by atoms with van der Waals surface area (Å²) in [6.07, 6.45) is -0.463. The van der Waals surface area contributed by atoms with Gasteiger partial charge in [-0.05, 0) is 18.2 Å². The van der Waals surface area contributed by atoms with Gasteiger partial charge >= 0.3 is 0 Å². The van der Waals surface area contributed by atoms with E-state index >= 15 is 0 Å². The van der Waals surface area contributed by atoms with Gasteiger partial charge in [0.05, 0.1) is 16.6 Å². The van der Waals surface area contributed by atoms with Crippen LogP contribution in [0.2, 0.25) is 0 Å². The number of halogens is 3. The van der Waals surface area contributed by atoms with Crippen LogP contribution in [0.3, 0.4) is 0 Å². The molecule has 2 aromatic heterocycles. The van der Waals surface area contributed by atoms with Crippen molar-refractivity contribution >= 4 is 11.5 Å². The molecule has 3 aromatic rings. The molecule has 0 saturated carbocycles. The minimum Gasteiger partial charge on any atom is -0.356 e. The van der Waals surface area contributed by atoms with Crippen molar-refractivity contribution in [2.24, 2.45) is 0 Å². The Balaban J connectivity index is 1.58. The summed E-state index contributed by atoms with van der Waals surface area (Å²) in [5.41, 5.74) is 0.0527. The lowest BCUT2D eigenvalue weighted by Crippen LogP contribution is -2.39. The Morgan fingerprint density at radius 1 is 1.14 bits per heavy atom. The first-order valence-electron chi connectivity index (χ1n) is 8.79. The van der Waals surface area contributed by atoms with E-state index in [1.807, 2.05) is 0 Å². The van der Waals surface area contributed by atoms with Gasteiger partial charge in [-0.25, -0.2) is 23.1 Å². The van der Waals surface area contributed by atoms with Crippen molar-refractivity contribution in [2.75, 3.05) is 18.0 Å². The quantitative estimate of drug-likeness (QED) is 0.524. The summed E-state index contributed by atoms with van der Waals surface area (Å²) >= 11 is 0. The fourth-order valence-electron chi connectivity index (χ4n) is 3.09. The average Bonchev–Trinajstić information content (AvgIpc) is 3.18. The number of nitro benzene ring substituents is 1. The lowest BCUT2D eigenvalue weighted by atomic mass is 10.1. The number of benzene rings is 1. The van der Waals surface area contributed by atoms with E-state index in [-0.39, 0.29) is 48.8 Å². The highest BCUT2D eigenvalue weighted by molar-refractivity contribution is 5.62. The van der Waals surface area contributed by atoms with E-state index in [1.54, 1.807) is 23.1 Å². The number of alkyl halides is 2. The summed E-state index contributed by atoms with van der Waals surface area (Å²) in [7, 11) is 0. The Hall–Kier alpha value is -3.50. The highest BCUT2D eigenvalue weighted by Gasteiger charge is 2.34. The van der Waals surface area contributed by atoms with Crippen LogP contribution in [0.1, 0.15) is 12.8 Å². The normalized spacial score (nSPS) is 16.0. The number of aromatic nitrogens is 4. The number of anilines is 1. The lowest BCUT2D eigenvalue weighted by Gasteiger charge is -2.32. The molecule has 1 aromatic carbocycles. The van der Waals surface area contributed by atoms with Crippen LogP contribution >= 0.6 is 0 Å². The van der Waals surface area contributed by atoms with Crippen LogP contribution in [-0.4, -0.2) is 44.1 Å². The van der Waals surface area contributed by atoms with Gasteiger partial charge in [0.1, 0.15) is 17.3 Å². The van der Waals surface area contributed by atoms with Crippen LogP contribution in [0.4, 0.5) is 24.7 Å². The monoisotopic (exact) mass is 404 g/mol. The van der Waals surface area contributed by atoms with Crippen LogP contribution in [0, 0.1) is 15.9 Å². The average molecular weight is 404 g/mol. The SMILES string of the molecule is O=[N+]([O-])c1ccc(-c2n[nH]c(-c3cccc(N4CCC(F)(F)CC4)n3)n2)c(F)c1. The van der Waals surface area contributed by atoms with Gasteiger partial charge in [0, 0.05) is 32.0 Å². The van der Waals surface area contributed by atoms with Crippen molar-refractivity contribution in [1.29, 1.82) is 0 Å². The van der Waals surface area contributed by atoms with Gasteiger partial charge in [0.15, 0.2) is 11.6 Å². The van der Waals surface area contributed by atoms with Crippen LogP contribution in [0.5, 0.6) is 0 Å². The highest BCUT2D eigenvalue weighted by atomic mass is 19.3. The fourth-order valence-corrected chi connectivity index (χ4v) is 3.09. The molecule has 0 spiro atoms. The molecule has 29 heavy (non-hydrogen) atoms. The summed E-state index contributed by atoms with van der Waals surface area (Å²) in [6, 6.07) is 8.31. The maximum absolute atomic E-state index is 14.2. The Morgan fingerprint density at radius 2 is 1.90 bits per heavy atom. The minimum absolute atomic E-state index is 0.00696. The number of H-pyrrole nitrogens is 1. The molecule has 8 nitrogen and oxygen atoms in total. The second-order valence-corrected chi connectivity index (χ2v) is 6.65. The predicted molar refractivity (Wildman–Crippen MR) is 98.1 cm³/mol. The third-order valence-corrected chi connectivity index (χ3v) is 4.69. The standard InChI is InChI=1S/C18H15F3N6O2/c19-13-10-11(27(28)29)4-5-12(13)16-23-17(25-24-16)14-2-1-3-15(22-14)26-8-6-18(20,21)7-9-26/h1-5,10H,6-9H2,(H,23,24,25). The third-order valence-electron chi connectivity index (χ3n) is 4.69. The number of nitrogens with zero attached hydrogens (tertiary/aromatic N) is 5. The van der Waals surface area contributed by atoms with E-state index in [4.69, 9.17) is 0 Å². The molecule has 1 aliphatic heterocycles. The predicted octanol–water partition coefficient (Wildman–Crippen LogP) is 3.82. The Kier molecular flexibility index (Phi) is 4.65. The van der Waals surface area contributed by atoms with Crippen LogP contribution in [-0.2, 0) is 0 Å². The van der Waals surface area contributed by atoms with Gasteiger partial charge < -0.3 is 4.90 Å². The minimum atomic E-state index is -2.65. The molecule has 150 valence electrons. The van der Waals surface area contributed by atoms with E-state index in [2.05, 4.69) is 20.2 Å². The topological polar surface area (TPSA) is 101 Å². The Labute approximate surface area is 162 Å². The third kappa shape index (κ3) is 3.89. The van der Waals surface area contributed by atoms with Gasteiger partial charge in [-0.15, -0.1) is 0 Å². The molecular weight excluding hydrogens is 389 g/mol.